The van der Waals surface area contributed by atoms with Gasteiger partial charge in [0.2, 0.25) is 0 Å². The predicted molar refractivity (Wildman–Crippen MR) is 79.2 cm³/mol. The molecule has 3 rings (SSSR count). The van der Waals surface area contributed by atoms with Crippen molar-refractivity contribution in [3.63, 3.8) is 0 Å². The predicted octanol–water partition coefficient (Wildman–Crippen LogP) is 3.87. The van der Waals surface area contributed by atoms with Gasteiger partial charge in [0.25, 0.3) is 0 Å². The van der Waals surface area contributed by atoms with Gasteiger partial charge in [-0.05, 0) is 49.8 Å². The van der Waals surface area contributed by atoms with E-state index in [0.717, 1.165) is 5.25 Å². The van der Waals surface area contributed by atoms with E-state index in [1.165, 1.54) is 50.0 Å². The van der Waals surface area contributed by atoms with Crippen LogP contribution in [0.25, 0.3) is 0 Å². The smallest absolute Gasteiger partial charge is 0.0141 e. The molecule has 1 fully saturated rings. The Labute approximate surface area is 115 Å². The SMILES string of the molecule is CNCC1(CC2Cc3ccccc3S2)CCCC1. The van der Waals surface area contributed by atoms with Crippen LogP contribution < -0.4 is 5.32 Å². The maximum atomic E-state index is 3.44. The van der Waals surface area contributed by atoms with E-state index in [2.05, 4.69) is 48.4 Å². The summed E-state index contributed by atoms with van der Waals surface area (Å²) in [4.78, 5) is 1.53. The van der Waals surface area contributed by atoms with Gasteiger partial charge in [-0.1, -0.05) is 31.0 Å². The lowest BCUT2D eigenvalue weighted by atomic mass is 9.80. The summed E-state index contributed by atoms with van der Waals surface area (Å²) in [5, 5.41) is 4.25. The van der Waals surface area contributed by atoms with Crippen molar-refractivity contribution in [1.29, 1.82) is 0 Å². The maximum Gasteiger partial charge on any atom is 0.0141 e. The van der Waals surface area contributed by atoms with Crippen molar-refractivity contribution in [1.82, 2.24) is 5.32 Å². The summed E-state index contributed by atoms with van der Waals surface area (Å²) < 4.78 is 0. The second-order valence-electron chi connectivity index (χ2n) is 5.99. The standard InChI is InChI=1S/C16H23NS/c1-17-12-16(8-4-5-9-16)11-14-10-13-6-2-3-7-15(13)18-14/h2-3,6-7,14,17H,4-5,8-12H2,1H3. The quantitative estimate of drug-likeness (QED) is 0.883. The minimum absolute atomic E-state index is 0.592. The summed E-state index contributed by atoms with van der Waals surface area (Å²) in [6.07, 6.45) is 8.42. The first-order chi connectivity index (χ1) is 8.81. The molecule has 18 heavy (non-hydrogen) atoms. The molecule has 0 radical (unpaired) electrons. The summed E-state index contributed by atoms with van der Waals surface area (Å²) in [5.74, 6) is 0. The zero-order valence-corrected chi connectivity index (χ0v) is 12.1. The number of fused-ring (bicyclic) bond motifs is 1. The Balaban J connectivity index is 1.67. The molecule has 1 atom stereocenters. The molecule has 2 aliphatic rings. The van der Waals surface area contributed by atoms with Crippen LogP contribution in [-0.2, 0) is 6.42 Å². The van der Waals surface area contributed by atoms with Gasteiger partial charge in [-0.3, -0.25) is 0 Å². The summed E-state index contributed by atoms with van der Waals surface area (Å²) >= 11 is 2.12. The van der Waals surface area contributed by atoms with Gasteiger partial charge in [0, 0.05) is 16.7 Å². The molecule has 1 saturated carbocycles. The molecule has 0 bridgehead atoms. The summed E-state index contributed by atoms with van der Waals surface area (Å²) in [6.45, 7) is 1.21. The van der Waals surface area contributed by atoms with E-state index in [9.17, 15) is 0 Å². The molecule has 1 nitrogen and oxygen atoms in total. The second-order valence-corrected chi connectivity index (χ2v) is 7.34. The fraction of sp³-hybridized carbons (Fsp3) is 0.625. The lowest BCUT2D eigenvalue weighted by Crippen LogP contribution is -2.32. The summed E-state index contributed by atoms with van der Waals surface area (Å²) in [7, 11) is 2.11. The Morgan fingerprint density at radius 1 is 1.28 bits per heavy atom. The molecule has 1 heterocycles. The third-order valence-electron chi connectivity index (χ3n) is 4.59. The third kappa shape index (κ3) is 2.46. The van der Waals surface area contributed by atoms with Crippen molar-refractivity contribution in [2.24, 2.45) is 5.41 Å². The molecular formula is C16H23NS. The van der Waals surface area contributed by atoms with Crippen LogP contribution in [-0.4, -0.2) is 18.8 Å². The number of benzene rings is 1. The Morgan fingerprint density at radius 3 is 2.78 bits per heavy atom. The minimum Gasteiger partial charge on any atom is -0.319 e. The topological polar surface area (TPSA) is 12.0 Å². The van der Waals surface area contributed by atoms with E-state index in [0.29, 0.717) is 5.41 Å². The Hall–Kier alpha value is -0.470. The molecule has 1 aromatic carbocycles. The van der Waals surface area contributed by atoms with E-state index >= 15 is 0 Å². The van der Waals surface area contributed by atoms with Gasteiger partial charge in [0.05, 0.1) is 0 Å². The highest BCUT2D eigenvalue weighted by Crippen LogP contribution is 2.47. The van der Waals surface area contributed by atoms with Gasteiger partial charge in [-0.15, -0.1) is 11.8 Å². The lowest BCUT2D eigenvalue weighted by molar-refractivity contribution is 0.262. The van der Waals surface area contributed by atoms with Crippen molar-refractivity contribution < 1.29 is 0 Å². The van der Waals surface area contributed by atoms with Gasteiger partial charge >= 0.3 is 0 Å². The molecule has 1 aliphatic carbocycles. The van der Waals surface area contributed by atoms with E-state index < -0.39 is 0 Å². The number of thioether (sulfide) groups is 1. The highest BCUT2D eigenvalue weighted by atomic mass is 32.2. The van der Waals surface area contributed by atoms with Crippen LogP contribution in [0.1, 0.15) is 37.7 Å². The van der Waals surface area contributed by atoms with Crippen molar-refractivity contribution in [3.05, 3.63) is 29.8 Å². The number of hydrogen-bond acceptors (Lipinski definition) is 2. The molecule has 1 N–H and O–H groups in total. The Morgan fingerprint density at radius 2 is 2.06 bits per heavy atom. The highest BCUT2D eigenvalue weighted by Gasteiger charge is 2.37. The van der Waals surface area contributed by atoms with Crippen LogP contribution in [0.2, 0.25) is 0 Å². The minimum atomic E-state index is 0.592. The van der Waals surface area contributed by atoms with Crippen LogP contribution in [0.3, 0.4) is 0 Å². The first-order valence-corrected chi connectivity index (χ1v) is 8.08. The number of nitrogens with one attached hydrogen (secondary N) is 1. The summed E-state index contributed by atoms with van der Waals surface area (Å²) in [6, 6.07) is 8.95. The molecule has 0 saturated heterocycles. The molecule has 0 spiro atoms. The fourth-order valence-corrected chi connectivity index (χ4v) is 5.32. The zero-order valence-electron chi connectivity index (χ0n) is 11.2. The van der Waals surface area contributed by atoms with Crippen LogP contribution in [0.15, 0.2) is 29.2 Å². The van der Waals surface area contributed by atoms with E-state index in [-0.39, 0.29) is 0 Å². The van der Waals surface area contributed by atoms with E-state index in [1.807, 2.05) is 0 Å². The first kappa shape index (κ1) is 12.6. The van der Waals surface area contributed by atoms with Crippen molar-refractivity contribution in [2.45, 2.75) is 48.7 Å². The normalized spacial score (nSPS) is 25.3. The van der Waals surface area contributed by atoms with Gasteiger partial charge < -0.3 is 5.32 Å². The van der Waals surface area contributed by atoms with E-state index in [1.54, 1.807) is 5.56 Å². The molecule has 1 unspecified atom stereocenters. The lowest BCUT2D eigenvalue weighted by Gasteiger charge is -2.31. The van der Waals surface area contributed by atoms with Gasteiger partial charge in [-0.25, -0.2) is 0 Å². The molecular weight excluding hydrogens is 238 g/mol. The molecule has 1 aliphatic heterocycles. The number of hydrogen-bond donors (Lipinski definition) is 1. The van der Waals surface area contributed by atoms with Crippen molar-refractivity contribution in [3.8, 4) is 0 Å². The fourth-order valence-electron chi connectivity index (χ4n) is 3.80. The van der Waals surface area contributed by atoms with Crippen LogP contribution in [0.4, 0.5) is 0 Å². The highest BCUT2D eigenvalue weighted by molar-refractivity contribution is 8.00. The zero-order chi connectivity index (χ0) is 12.4. The Kier molecular flexibility index (Phi) is 3.67. The second kappa shape index (κ2) is 5.26. The molecule has 98 valence electrons. The molecule has 2 heteroatoms. The average molecular weight is 261 g/mol. The third-order valence-corrected chi connectivity index (χ3v) is 5.91. The van der Waals surface area contributed by atoms with Crippen molar-refractivity contribution in [2.75, 3.05) is 13.6 Å². The van der Waals surface area contributed by atoms with Crippen LogP contribution >= 0.6 is 11.8 Å². The number of rotatable bonds is 4. The van der Waals surface area contributed by atoms with Crippen LogP contribution in [0.5, 0.6) is 0 Å². The van der Waals surface area contributed by atoms with Gasteiger partial charge in [0.1, 0.15) is 0 Å². The maximum absolute atomic E-state index is 3.44. The van der Waals surface area contributed by atoms with Crippen LogP contribution in [0, 0.1) is 5.41 Å². The molecule has 0 amide bonds. The van der Waals surface area contributed by atoms with Gasteiger partial charge in [-0.2, -0.15) is 0 Å². The average Bonchev–Trinajstić information content (AvgIpc) is 2.96. The molecule has 0 aromatic heterocycles. The monoisotopic (exact) mass is 261 g/mol. The largest absolute Gasteiger partial charge is 0.319 e. The molecule has 1 aromatic rings. The Bertz CT molecular complexity index is 384. The van der Waals surface area contributed by atoms with Crippen molar-refractivity contribution >= 4 is 11.8 Å². The van der Waals surface area contributed by atoms with Gasteiger partial charge in [0.15, 0.2) is 0 Å². The van der Waals surface area contributed by atoms with E-state index in [4.69, 9.17) is 0 Å². The summed E-state index contributed by atoms with van der Waals surface area (Å²) in [5.41, 5.74) is 2.17. The first-order valence-electron chi connectivity index (χ1n) is 7.20.